The molecule has 92 valence electrons. The van der Waals surface area contributed by atoms with Crippen LogP contribution in [0.1, 0.15) is 6.92 Å². The molecule has 7 heteroatoms. The SMILES string of the molecule is Br.CCS(=O)(=O)N1CCN(CCO)CC1. The monoisotopic (exact) mass is 302 g/mol. The van der Waals surface area contributed by atoms with E-state index in [0.717, 1.165) is 13.1 Å². The van der Waals surface area contributed by atoms with E-state index in [2.05, 4.69) is 4.90 Å². The highest BCUT2D eigenvalue weighted by Crippen LogP contribution is 2.07. The normalized spacial score (nSPS) is 19.9. The molecule has 0 radical (unpaired) electrons. The third kappa shape index (κ3) is 4.36. The van der Waals surface area contributed by atoms with Crippen molar-refractivity contribution in [3.8, 4) is 0 Å². The van der Waals surface area contributed by atoms with Gasteiger partial charge in [0.15, 0.2) is 0 Å². The maximum absolute atomic E-state index is 11.5. The first-order valence-electron chi connectivity index (χ1n) is 4.91. The smallest absolute Gasteiger partial charge is 0.213 e. The van der Waals surface area contributed by atoms with E-state index < -0.39 is 10.0 Å². The minimum atomic E-state index is -3.02. The van der Waals surface area contributed by atoms with Crippen molar-refractivity contribution in [2.75, 3.05) is 45.1 Å². The predicted octanol–water partition coefficient (Wildman–Crippen LogP) is -0.476. The van der Waals surface area contributed by atoms with Crippen molar-refractivity contribution in [1.29, 1.82) is 0 Å². The van der Waals surface area contributed by atoms with Gasteiger partial charge in [-0.15, -0.1) is 17.0 Å². The third-order valence-corrected chi connectivity index (χ3v) is 4.39. The van der Waals surface area contributed by atoms with Crippen LogP contribution in [0.25, 0.3) is 0 Å². The molecular formula is C8H19BrN2O3S. The van der Waals surface area contributed by atoms with Crippen molar-refractivity contribution in [3.05, 3.63) is 0 Å². The molecular weight excluding hydrogens is 284 g/mol. The Kier molecular flexibility index (Phi) is 6.94. The van der Waals surface area contributed by atoms with Crippen LogP contribution < -0.4 is 0 Å². The van der Waals surface area contributed by atoms with Gasteiger partial charge in [-0.05, 0) is 6.92 Å². The van der Waals surface area contributed by atoms with Crippen LogP contribution in [0, 0.1) is 0 Å². The van der Waals surface area contributed by atoms with E-state index in [-0.39, 0.29) is 29.3 Å². The fraction of sp³-hybridized carbons (Fsp3) is 1.00. The average Bonchev–Trinajstić information content (AvgIpc) is 2.19. The van der Waals surface area contributed by atoms with Gasteiger partial charge in [-0.2, -0.15) is 4.31 Å². The lowest BCUT2D eigenvalue weighted by atomic mass is 10.4. The van der Waals surface area contributed by atoms with E-state index in [1.165, 1.54) is 4.31 Å². The van der Waals surface area contributed by atoms with Crippen LogP contribution in [0.15, 0.2) is 0 Å². The third-order valence-electron chi connectivity index (χ3n) is 2.51. The van der Waals surface area contributed by atoms with Crippen LogP contribution in [0.2, 0.25) is 0 Å². The Labute approximate surface area is 102 Å². The summed E-state index contributed by atoms with van der Waals surface area (Å²) >= 11 is 0. The van der Waals surface area contributed by atoms with Gasteiger partial charge in [-0.1, -0.05) is 0 Å². The molecule has 0 amide bonds. The second kappa shape index (κ2) is 6.80. The molecule has 0 bridgehead atoms. The van der Waals surface area contributed by atoms with Crippen LogP contribution in [0.4, 0.5) is 0 Å². The molecule has 0 saturated carbocycles. The van der Waals surface area contributed by atoms with Gasteiger partial charge in [0.1, 0.15) is 0 Å². The number of piperazine rings is 1. The molecule has 1 saturated heterocycles. The molecule has 5 nitrogen and oxygen atoms in total. The number of hydrogen-bond acceptors (Lipinski definition) is 4. The first-order valence-corrected chi connectivity index (χ1v) is 6.52. The van der Waals surface area contributed by atoms with Gasteiger partial charge in [-0.25, -0.2) is 8.42 Å². The van der Waals surface area contributed by atoms with Crippen molar-refractivity contribution >= 4 is 27.0 Å². The van der Waals surface area contributed by atoms with Crippen molar-refractivity contribution in [1.82, 2.24) is 9.21 Å². The molecule has 15 heavy (non-hydrogen) atoms. The highest BCUT2D eigenvalue weighted by molar-refractivity contribution is 8.93. The van der Waals surface area contributed by atoms with Crippen LogP contribution in [-0.2, 0) is 10.0 Å². The topological polar surface area (TPSA) is 60.9 Å². The Morgan fingerprint density at radius 3 is 2.13 bits per heavy atom. The number of halogens is 1. The largest absolute Gasteiger partial charge is 0.395 e. The van der Waals surface area contributed by atoms with Gasteiger partial charge in [0.2, 0.25) is 10.0 Å². The lowest BCUT2D eigenvalue weighted by Crippen LogP contribution is -2.49. The van der Waals surface area contributed by atoms with Crippen molar-refractivity contribution in [2.45, 2.75) is 6.92 Å². The average molecular weight is 303 g/mol. The van der Waals surface area contributed by atoms with Crippen molar-refractivity contribution in [3.63, 3.8) is 0 Å². The summed E-state index contributed by atoms with van der Waals surface area (Å²) in [5, 5.41) is 8.72. The molecule has 1 fully saturated rings. The summed E-state index contributed by atoms with van der Waals surface area (Å²) in [5.74, 6) is 0.174. The maximum Gasteiger partial charge on any atom is 0.213 e. The molecule has 0 spiro atoms. The molecule has 0 aromatic carbocycles. The van der Waals surface area contributed by atoms with Crippen LogP contribution in [-0.4, -0.2) is 67.8 Å². The summed E-state index contributed by atoms with van der Waals surface area (Å²) in [6, 6.07) is 0. The number of nitrogens with zero attached hydrogens (tertiary/aromatic N) is 2. The zero-order valence-electron chi connectivity index (χ0n) is 8.92. The number of sulfonamides is 1. The standard InChI is InChI=1S/C8H18N2O3S.BrH/c1-2-14(12,13)10-5-3-9(4-6-10)7-8-11;/h11H,2-8H2,1H3;1H. The van der Waals surface area contributed by atoms with Gasteiger partial charge in [-0.3, -0.25) is 4.90 Å². The van der Waals surface area contributed by atoms with Gasteiger partial charge < -0.3 is 5.11 Å². The quantitative estimate of drug-likeness (QED) is 0.762. The number of hydrogen-bond donors (Lipinski definition) is 1. The first-order chi connectivity index (χ1) is 6.60. The Morgan fingerprint density at radius 1 is 1.20 bits per heavy atom. The summed E-state index contributed by atoms with van der Waals surface area (Å²) < 4.78 is 24.5. The van der Waals surface area contributed by atoms with E-state index in [9.17, 15) is 8.42 Å². The Hall–Kier alpha value is 0.310. The molecule has 1 N–H and O–H groups in total. The number of aliphatic hydroxyl groups excluding tert-OH is 1. The predicted molar refractivity (Wildman–Crippen MR) is 64.9 cm³/mol. The van der Waals surface area contributed by atoms with E-state index in [4.69, 9.17) is 5.11 Å². The summed E-state index contributed by atoms with van der Waals surface area (Å²) in [5.41, 5.74) is 0. The maximum atomic E-state index is 11.5. The van der Waals surface area contributed by atoms with Gasteiger partial charge in [0.25, 0.3) is 0 Å². The van der Waals surface area contributed by atoms with Crippen molar-refractivity contribution in [2.24, 2.45) is 0 Å². The van der Waals surface area contributed by atoms with Gasteiger partial charge in [0.05, 0.1) is 12.4 Å². The molecule has 0 unspecified atom stereocenters. The highest BCUT2D eigenvalue weighted by Gasteiger charge is 2.24. The fourth-order valence-corrected chi connectivity index (χ4v) is 2.64. The number of aliphatic hydroxyl groups is 1. The van der Waals surface area contributed by atoms with Crippen LogP contribution in [0.5, 0.6) is 0 Å². The minimum absolute atomic E-state index is 0. The number of β-amino-alcohol motifs (C(OH)–C–C–N with tert-alkyl or cyclic N) is 1. The van der Waals surface area contributed by atoms with Gasteiger partial charge >= 0.3 is 0 Å². The summed E-state index contributed by atoms with van der Waals surface area (Å²) in [7, 11) is -3.02. The van der Waals surface area contributed by atoms with E-state index in [1.54, 1.807) is 6.92 Å². The molecule has 0 aliphatic carbocycles. The Bertz CT molecular complexity index is 263. The van der Waals surface area contributed by atoms with E-state index in [0.29, 0.717) is 19.6 Å². The molecule has 0 aromatic rings. The lowest BCUT2D eigenvalue weighted by Gasteiger charge is -2.33. The minimum Gasteiger partial charge on any atom is -0.395 e. The molecule has 1 heterocycles. The lowest BCUT2D eigenvalue weighted by molar-refractivity contribution is 0.151. The van der Waals surface area contributed by atoms with Gasteiger partial charge in [0, 0.05) is 32.7 Å². The molecule has 0 aromatic heterocycles. The van der Waals surface area contributed by atoms with E-state index in [1.807, 2.05) is 0 Å². The van der Waals surface area contributed by atoms with E-state index >= 15 is 0 Å². The van der Waals surface area contributed by atoms with Crippen LogP contribution >= 0.6 is 17.0 Å². The molecule has 1 aliphatic rings. The Balaban J connectivity index is 0.00000196. The zero-order chi connectivity index (χ0) is 10.6. The summed E-state index contributed by atoms with van der Waals surface area (Å²) in [6.07, 6.45) is 0. The molecule has 1 rings (SSSR count). The zero-order valence-corrected chi connectivity index (χ0v) is 11.5. The molecule has 0 atom stereocenters. The molecule has 1 aliphatic heterocycles. The first kappa shape index (κ1) is 15.3. The summed E-state index contributed by atoms with van der Waals surface area (Å²) in [4.78, 5) is 2.07. The second-order valence-corrected chi connectivity index (χ2v) is 5.62. The van der Waals surface area contributed by atoms with Crippen LogP contribution in [0.3, 0.4) is 0 Å². The second-order valence-electron chi connectivity index (χ2n) is 3.36. The van der Waals surface area contributed by atoms with Crippen molar-refractivity contribution < 1.29 is 13.5 Å². The number of rotatable bonds is 4. The fourth-order valence-electron chi connectivity index (χ4n) is 1.56. The highest BCUT2D eigenvalue weighted by atomic mass is 79.9. The Morgan fingerprint density at radius 2 is 1.73 bits per heavy atom. The summed E-state index contributed by atoms with van der Waals surface area (Å²) in [6.45, 7) is 4.99.